The zero-order valence-electron chi connectivity index (χ0n) is 13.0. The SMILES string of the molecule is C#CCOc1cccc(/C=N/NC(=O)Cc2ccc(C)cc2)c1. The fraction of sp³-hybridized carbons (Fsp3) is 0.158. The monoisotopic (exact) mass is 306 g/mol. The number of nitrogens with one attached hydrogen (secondary N) is 1. The molecule has 2 aromatic carbocycles. The number of ether oxygens (including phenoxy) is 1. The van der Waals surface area contributed by atoms with Crippen LogP contribution in [0.3, 0.4) is 0 Å². The van der Waals surface area contributed by atoms with E-state index in [2.05, 4.69) is 16.4 Å². The topological polar surface area (TPSA) is 50.7 Å². The molecule has 116 valence electrons. The van der Waals surface area contributed by atoms with Crippen LogP contribution in [-0.2, 0) is 11.2 Å². The van der Waals surface area contributed by atoms with E-state index in [4.69, 9.17) is 11.2 Å². The summed E-state index contributed by atoms with van der Waals surface area (Å²) in [7, 11) is 0. The number of hydrogen-bond acceptors (Lipinski definition) is 3. The Kier molecular flexibility index (Phi) is 5.96. The van der Waals surface area contributed by atoms with Crippen molar-refractivity contribution in [2.45, 2.75) is 13.3 Å². The van der Waals surface area contributed by atoms with E-state index in [1.807, 2.05) is 49.4 Å². The average Bonchev–Trinajstić information content (AvgIpc) is 2.55. The summed E-state index contributed by atoms with van der Waals surface area (Å²) in [4.78, 5) is 11.8. The van der Waals surface area contributed by atoms with Crippen LogP contribution in [0.4, 0.5) is 0 Å². The minimum absolute atomic E-state index is 0.162. The number of rotatable bonds is 6. The summed E-state index contributed by atoms with van der Waals surface area (Å²) in [5, 5.41) is 3.96. The molecule has 0 heterocycles. The van der Waals surface area contributed by atoms with Crippen molar-refractivity contribution in [2.75, 3.05) is 6.61 Å². The molecule has 4 nitrogen and oxygen atoms in total. The van der Waals surface area contributed by atoms with Crippen LogP contribution in [-0.4, -0.2) is 18.7 Å². The van der Waals surface area contributed by atoms with Gasteiger partial charge < -0.3 is 4.74 Å². The highest BCUT2D eigenvalue weighted by atomic mass is 16.5. The second-order valence-corrected chi connectivity index (χ2v) is 5.02. The molecule has 1 amide bonds. The number of hydrogen-bond donors (Lipinski definition) is 1. The number of benzene rings is 2. The number of carbonyl (C=O) groups excluding carboxylic acids is 1. The van der Waals surface area contributed by atoms with Gasteiger partial charge in [-0.25, -0.2) is 5.43 Å². The van der Waals surface area contributed by atoms with Gasteiger partial charge in [-0.05, 0) is 30.2 Å². The summed E-state index contributed by atoms with van der Waals surface area (Å²) in [5.74, 6) is 2.91. The fourth-order valence-corrected chi connectivity index (χ4v) is 1.92. The average molecular weight is 306 g/mol. The van der Waals surface area contributed by atoms with Crippen molar-refractivity contribution in [2.24, 2.45) is 5.10 Å². The van der Waals surface area contributed by atoms with Gasteiger partial charge in [0.15, 0.2) is 0 Å². The van der Waals surface area contributed by atoms with E-state index in [0.717, 1.165) is 11.1 Å². The van der Waals surface area contributed by atoms with Gasteiger partial charge in [-0.3, -0.25) is 4.79 Å². The van der Waals surface area contributed by atoms with Crippen LogP contribution in [0.2, 0.25) is 0 Å². The molecule has 0 unspecified atom stereocenters. The molecular formula is C19H18N2O2. The number of nitrogens with zero attached hydrogens (tertiary/aromatic N) is 1. The summed E-state index contributed by atoms with van der Waals surface area (Å²) in [6.45, 7) is 2.23. The predicted molar refractivity (Wildman–Crippen MR) is 91.4 cm³/mol. The predicted octanol–water partition coefficient (Wildman–Crippen LogP) is 2.70. The second kappa shape index (κ2) is 8.40. The Morgan fingerprint density at radius 1 is 1.30 bits per heavy atom. The number of amides is 1. The molecular weight excluding hydrogens is 288 g/mol. The van der Waals surface area contributed by atoms with Crippen LogP contribution in [0.1, 0.15) is 16.7 Å². The van der Waals surface area contributed by atoms with Crippen molar-refractivity contribution in [1.29, 1.82) is 0 Å². The Bertz CT molecular complexity index is 728. The lowest BCUT2D eigenvalue weighted by Gasteiger charge is -2.03. The molecule has 0 bridgehead atoms. The van der Waals surface area contributed by atoms with Gasteiger partial charge in [0.05, 0.1) is 12.6 Å². The van der Waals surface area contributed by atoms with Gasteiger partial charge in [-0.15, -0.1) is 6.42 Å². The van der Waals surface area contributed by atoms with E-state index in [9.17, 15) is 4.79 Å². The zero-order valence-corrected chi connectivity index (χ0v) is 13.0. The van der Waals surface area contributed by atoms with Crippen LogP contribution >= 0.6 is 0 Å². The Morgan fingerprint density at radius 2 is 2.09 bits per heavy atom. The third-order valence-corrected chi connectivity index (χ3v) is 3.07. The molecule has 0 aromatic heterocycles. The maximum Gasteiger partial charge on any atom is 0.244 e. The smallest absolute Gasteiger partial charge is 0.244 e. The van der Waals surface area contributed by atoms with Crippen LogP contribution in [0.25, 0.3) is 0 Å². The highest BCUT2D eigenvalue weighted by Gasteiger charge is 2.01. The normalized spacial score (nSPS) is 10.3. The van der Waals surface area contributed by atoms with E-state index in [1.54, 1.807) is 12.3 Å². The minimum atomic E-state index is -0.162. The van der Waals surface area contributed by atoms with Crippen molar-refractivity contribution < 1.29 is 9.53 Å². The lowest BCUT2D eigenvalue weighted by molar-refractivity contribution is -0.120. The Labute approximate surface area is 136 Å². The van der Waals surface area contributed by atoms with Crippen LogP contribution < -0.4 is 10.2 Å². The quantitative estimate of drug-likeness (QED) is 0.507. The van der Waals surface area contributed by atoms with Crippen molar-refractivity contribution >= 4 is 12.1 Å². The van der Waals surface area contributed by atoms with Gasteiger partial charge in [-0.1, -0.05) is 47.9 Å². The van der Waals surface area contributed by atoms with Crippen LogP contribution in [0.15, 0.2) is 53.6 Å². The largest absolute Gasteiger partial charge is 0.481 e. The number of carbonyl (C=O) groups is 1. The third-order valence-electron chi connectivity index (χ3n) is 3.07. The van der Waals surface area contributed by atoms with Crippen LogP contribution in [0.5, 0.6) is 5.75 Å². The third kappa shape index (κ3) is 5.68. The number of terminal acetylenes is 1. The molecule has 23 heavy (non-hydrogen) atoms. The Morgan fingerprint density at radius 3 is 2.83 bits per heavy atom. The lowest BCUT2D eigenvalue weighted by atomic mass is 10.1. The Balaban J connectivity index is 1.87. The fourth-order valence-electron chi connectivity index (χ4n) is 1.92. The van der Waals surface area contributed by atoms with E-state index in [0.29, 0.717) is 12.2 Å². The molecule has 0 aliphatic carbocycles. The molecule has 0 saturated carbocycles. The maximum absolute atomic E-state index is 11.8. The summed E-state index contributed by atoms with van der Waals surface area (Å²) in [5.41, 5.74) is 5.45. The number of hydrazone groups is 1. The molecule has 0 aliphatic rings. The van der Waals surface area contributed by atoms with E-state index < -0.39 is 0 Å². The first kappa shape index (κ1) is 16.3. The minimum Gasteiger partial charge on any atom is -0.481 e. The molecule has 2 aromatic rings. The summed E-state index contributed by atoms with van der Waals surface area (Å²) in [6, 6.07) is 15.1. The first-order chi connectivity index (χ1) is 11.2. The Hall–Kier alpha value is -3.06. The molecule has 0 atom stereocenters. The van der Waals surface area contributed by atoms with Gasteiger partial charge in [0, 0.05) is 0 Å². The molecule has 0 radical (unpaired) electrons. The molecule has 0 aliphatic heterocycles. The lowest BCUT2D eigenvalue weighted by Crippen LogP contribution is -2.19. The van der Waals surface area contributed by atoms with Crippen LogP contribution in [0, 0.1) is 19.3 Å². The molecule has 0 fully saturated rings. The molecule has 2 rings (SSSR count). The van der Waals surface area contributed by atoms with Crippen molar-refractivity contribution in [1.82, 2.24) is 5.43 Å². The van der Waals surface area contributed by atoms with E-state index >= 15 is 0 Å². The van der Waals surface area contributed by atoms with Gasteiger partial charge in [0.1, 0.15) is 12.4 Å². The summed E-state index contributed by atoms with van der Waals surface area (Å²) in [6.07, 6.45) is 7.01. The molecule has 1 N–H and O–H groups in total. The van der Waals surface area contributed by atoms with Crippen molar-refractivity contribution in [3.05, 3.63) is 65.2 Å². The summed E-state index contributed by atoms with van der Waals surface area (Å²) < 4.78 is 5.33. The molecule has 4 heteroatoms. The zero-order chi connectivity index (χ0) is 16.5. The van der Waals surface area contributed by atoms with Gasteiger partial charge >= 0.3 is 0 Å². The highest BCUT2D eigenvalue weighted by molar-refractivity contribution is 5.83. The summed E-state index contributed by atoms with van der Waals surface area (Å²) >= 11 is 0. The molecule has 0 saturated heterocycles. The van der Waals surface area contributed by atoms with Gasteiger partial charge in [-0.2, -0.15) is 5.10 Å². The van der Waals surface area contributed by atoms with Gasteiger partial charge in [0.2, 0.25) is 5.91 Å². The van der Waals surface area contributed by atoms with Gasteiger partial charge in [0.25, 0.3) is 0 Å². The van der Waals surface area contributed by atoms with E-state index in [-0.39, 0.29) is 12.5 Å². The van der Waals surface area contributed by atoms with Crippen molar-refractivity contribution in [3.8, 4) is 18.1 Å². The highest BCUT2D eigenvalue weighted by Crippen LogP contribution is 2.11. The first-order valence-corrected chi connectivity index (χ1v) is 7.21. The standard InChI is InChI=1S/C19H18N2O2/c1-3-11-23-18-6-4-5-17(12-18)14-20-21-19(22)13-16-9-7-15(2)8-10-16/h1,4-10,12,14H,11,13H2,2H3,(H,21,22)/b20-14+. The second-order valence-electron chi connectivity index (χ2n) is 5.02. The van der Waals surface area contributed by atoms with Crippen molar-refractivity contribution in [3.63, 3.8) is 0 Å². The van der Waals surface area contributed by atoms with E-state index in [1.165, 1.54) is 5.56 Å². The number of aryl methyl sites for hydroxylation is 1. The maximum atomic E-state index is 11.8. The first-order valence-electron chi connectivity index (χ1n) is 7.21. The molecule has 0 spiro atoms.